The lowest BCUT2D eigenvalue weighted by molar-refractivity contribution is 0.0718. The molecular weight excluding hydrogens is 536 g/mol. The number of carbonyl (C=O) groups excluding carboxylic acids is 1. The minimum atomic E-state index is -4.85. The van der Waals surface area contributed by atoms with E-state index in [0.29, 0.717) is 0 Å². The summed E-state index contributed by atoms with van der Waals surface area (Å²) >= 11 is 0. The van der Waals surface area contributed by atoms with Crippen LogP contribution in [0.25, 0.3) is 0 Å². The molecule has 1 unspecified atom stereocenters. The molecule has 3 aromatic rings. The maximum Gasteiger partial charge on any atom is 0.196 e. The van der Waals surface area contributed by atoms with Crippen molar-refractivity contribution in [2.75, 3.05) is 0 Å². The average molecular weight is 555 g/mol. The van der Waals surface area contributed by atoms with E-state index in [2.05, 4.69) is 0 Å². The predicted octanol–water partition coefficient (Wildman–Crippen LogP) is 3.47. The van der Waals surface area contributed by atoms with Crippen LogP contribution in [0.2, 0.25) is 0 Å². The minimum absolute atomic E-state index is 0.0257. The number of Topliss-reactive ketones (excluding diaryl/α,β-unsaturated/α-hetero) is 1. The molecule has 1 fully saturated rings. The second-order valence-corrected chi connectivity index (χ2v) is 11.8. The van der Waals surface area contributed by atoms with Crippen LogP contribution in [0.4, 0.5) is 0 Å². The van der Waals surface area contributed by atoms with Gasteiger partial charge >= 0.3 is 0 Å². The first-order chi connectivity index (χ1) is 19.7. The van der Waals surface area contributed by atoms with Crippen molar-refractivity contribution in [3.63, 3.8) is 0 Å². The first-order valence-corrected chi connectivity index (χ1v) is 13.7. The Labute approximate surface area is 236 Å². The zero-order valence-corrected chi connectivity index (χ0v) is 22.0. The molecule has 2 aliphatic carbocycles. The summed E-state index contributed by atoms with van der Waals surface area (Å²) in [6.45, 7) is 0. The average Bonchev–Trinajstić information content (AvgIpc) is 3.40. The third-order valence-corrected chi connectivity index (χ3v) is 10.7. The molecule has 0 amide bonds. The minimum Gasteiger partial charge on any atom is -0.400 e. The molecule has 2 aliphatic rings. The van der Waals surface area contributed by atoms with Crippen molar-refractivity contribution in [1.82, 2.24) is 0 Å². The number of sulfone groups is 1. The van der Waals surface area contributed by atoms with Crippen molar-refractivity contribution in [1.29, 1.82) is 26.3 Å². The SMILES string of the molecule is N#CC1=C(N)[C@]2(C(=O)c3ccccc3)C(S(=O)(=O)c3ccccc3)[C@@]1(c1ccccc1)C(C#N)(C#N)C2(C#N)C#N. The summed E-state index contributed by atoms with van der Waals surface area (Å²) in [4.78, 5) is 14.5. The van der Waals surface area contributed by atoms with Crippen LogP contribution in [0.3, 0.4) is 0 Å². The second-order valence-electron chi connectivity index (χ2n) is 9.76. The summed E-state index contributed by atoms with van der Waals surface area (Å²) in [5.74, 6) is -1.07. The molecule has 0 heterocycles. The van der Waals surface area contributed by atoms with Gasteiger partial charge in [0.15, 0.2) is 26.5 Å². The van der Waals surface area contributed by atoms with Gasteiger partial charge in [0.05, 0.1) is 46.2 Å². The molecule has 2 N–H and O–H groups in total. The van der Waals surface area contributed by atoms with Gasteiger partial charge < -0.3 is 5.73 Å². The highest BCUT2D eigenvalue weighted by Crippen LogP contribution is 2.80. The molecule has 3 atom stereocenters. The fourth-order valence-corrected chi connectivity index (χ4v) is 9.50. The molecule has 41 heavy (non-hydrogen) atoms. The van der Waals surface area contributed by atoms with Gasteiger partial charge in [0.2, 0.25) is 0 Å². The number of nitriles is 5. The van der Waals surface area contributed by atoms with E-state index < -0.39 is 53.8 Å². The number of carbonyl (C=O) groups is 1. The zero-order chi connectivity index (χ0) is 29.7. The molecule has 0 aromatic heterocycles. The lowest BCUT2D eigenvalue weighted by atomic mass is 9.47. The molecular formula is C31H18N6O3S. The monoisotopic (exact) mass is 554 g/mol. The Morgan fingerprint density at radius 3 is 1.63 bits per heavy atom. The summed E-state index contributed by atoms with van der Waals surface area (Å²) in [7, 11) is -4.85. The number of hydrogen-bond donors (Lipinski definition) is 1. The Morgan fingerprint density at radius 2 is 1.17 bits per heavy atom. The van der Waals surface area contributed by atoms with Gasteiger partial charge in [-0.25, -0.2) is 8.42 Å². The molecule has 3 aromatic carbocycles. The highest BCUT2D eigenvalue weighted by Gasteiger charge is 2.95. The van der Waals surface area contributed by atoms with E-state index in [1.54, 1.807) is 42.5 Å². The van der Waals surface area contributed by atoms with Crippen LogP contribution in [0, 0.1) is 72.9 Å². The standard InChI is InChI=1S/C31H18N6O3S/c32-16-24-25(37)31(26(38)21-10-4-1-5-11-21)27(41(39,40)23-14-8-3-9-15-23)30(24,22-12-6-2-7-13-22)28(17-33,18-34)29(31,19-35)20-36/h1-15,27H,37H2/t27?,30-,31-/m0/s1. The van der Waals surface area contributed by atoms with Crippen molar-refractivity contribution in [3.05, 3.63) is 113 Å². The summed E-state index contributed by atoms with van der Waals surface area (Å²) in [5.41, 5.74) is -5.86. The van der Waals surface area contributed by atoms with Gasteiger partial charge in [-0.1, -0.05) is 78.9 Å². The van der Waals surface area contributed by atoms with Crippen LogP contribution in [0.5, 0.6) is 0 Å². The lowest BCUT2D eigenvalue weighted by Crippen LogP contribution is -2.58. The summed E-state index contributed by atoms with van der Waals surface area (Å²) in [6.07, 6.45) is 0. The van der Waals surface area contributed by atoms with Crippen LogP contribution in [-0.2, 0) is 15.3 Å². The van der Waals surface area contributed by atoms with Gasteiger partial charge in [0, 0.05) is 11.3 Å². The molecule has 196 valence electrons. The van der Waals surface area contributed by atoms with E-state index in [9.17, 15) is 39.5 Å². The van der Waals surface area contributed by atoms with E-state index in [1.165, 1.54) is 72.8 Å². The van der Waals surface area contributed by atoms with Gasteiger partial charge in [-0.3, -0.25) is 4.79 Å². The summed E-state index contributed by atoms with van der Waals surface area (Å²) in [5, 5.41) is 51.6. The van der Waals surface area contributed by atoms with Crippen LogP contribution >= 0.6 is 0 Å². The number of allylic oxidation sites excluding steroid dienone is 2. The number of benzene rings is 3. The molecule has 5 rings (SSSR count). The molecule has 9 nitrogen and oxygen atoms in total. The van der Waals surface area contributed by atoms with Crippen molar-refractivity contribution in [3.8, 4) is 30.3 Å². The Balaban J connectivity index is 2.16. The number of nitrogens with two attached hydrogens (primary N) is 1. The third-order valence-electron chi connectivity index (χ3n) is 8.41. The highest BCUT2D eigenvalue weighted by molar-refractivity contribution is 7.92. The maximum absolute atomic E-state index is 14.9. The summed E-state index contributed by atoms with van der Waals surface area (Å²) < 4.78 is 29.8. The normalized spacial score (nSPS) is 25.1. The molecule has 0 saturated heterocycles. The van der Waals surface area contributed by atoms with Gasteiger partial charge in [0.25, 0.3) is 0 Å². The largest absolute Gasteiger partial charge is 0.400 e. The maximum atomic E-state index is 14.9. The van der Waals surface area contributed by atoms with Gasteiger partial charge in [-0.15, -0.1) is 0 Å². The Hall–Kier alpha value is -5.73. The predicted molar refractivity (Wildman–Crippen MR) is 143 cm³/mol. The quantitative estimate of drug-likeness (QED) is 0.459. The molecule has 0 radical (unpaired) electrons. The third kappa shape index (κ3) is 2.69. The van der Waals surface area contributed by atoms with E-state index in [0.717, 1.165) is 0 Å². The molecule has 10 heteroatoms. The Morgan fingerprint density at radius 1 is 0.707 bits per heavy atom. The molecule has 0 aliphatic heterocycles. The van der Waals surface area contributed by atoms with E-state index in [-0.39, 0.29) is 16.0 Å². The fourth-order valence-electron chi connectivity index (χ4n) is 6.92. The van der Waals surface area contributed by atoms with Crippen LogP contribution in [0.15, 0.2) is 107 Å². The van der Waals surface area contributed by atoms with E-state index in [4.69, 9.17) is 5.73 Å². The lowest BCUT2D eigenvalue weighted by Gasteiger charge is -2.44. The number of rotatable bonds is 5. The Bertz CT molecular complexity index is 1930. The van der Waals surface area contributed by atoms with Gasteiger partial charge in [-0.05, 0) is 17.7 Å². The van der Waals surface area contributed by atoms with Crippen LogP contribution in [0.1, 0.15) is 15.9 Å². The number of nitrogens with zero attached hydrogens (tertiary/aromatic N) is 5. The first-order valence-electron chi connectivity index (χ1n) is 12.2. The first kappa shape index (κ1) is 26.9. The topological polar surface area (TPSA) is 196 Å². The Kier molecular flexibility index (Phi) is 5.83. The van der Waals surface area contributed by atoms with Crippen molar-refractivity contribution in [2.24, 2.45) is 22.0 Å². The number of hydrogen-bond acceptors (Lipinski definition) is 9. The van der Waals surface area contributed by atoms with E-state index >= 15 is 0 Å². The summed E-state index contributed by atoms with van der Waals surface area (Å²) in [6, 6.07) is 30.6. The molecule has 2 bridgehead atoms. The van der Waals surface area contributed by atoms with E-state index in [1.807, 2.05) is 6.07 Å². The molecule has 1 saturated carbocycles. The van der Waals surface area contributed by atoms with Crippen LogP contribution < -0.4 is 5.73 Å². The number of fused-ring (bicyclic) bond motifs is 2. The van der Waals surface area contributed by atoms with Crippen molar-refractivity contribution in [2.45, 2.75) is 15.6 Å². The number of ketones is 1. The highest BCUT2D eigenvalue weighted by atomic mass is 32.2. The fraction of sp³-hybridized carbons (Fsp3) is 0.161. The zero-order valence-electron chi connectivity index (χ0n) is 21.2. The van der Waals surface area contributed by atoms with Crippen molar-refractivity contribution >= 4 is 15.6 Å². The second kappa shape index (κ2) is 8.90. The van der Waals surface area contributed by atoms with Gasteiger partial charge in [-0.2, -0.15) is 26.3 Å². The van der Waals surface area contributed by atoms with Crippen molar-refractivity contribution < 1.29 is 13.2 Å². The van der Waals surface area contributed by atoms with Crippen LogP contribution in [-0.4, -0.2) is 19.5 Å². The molecule has 0 spiro atoms. The smallest absolute Gasteiger partial charge is 0.196 e. The van der Waals surface area contributed by atoms with Gasteiger partial charge in [0.1, 0.15) is 10.7 Å².